The van der Waals surface area contributed by atoms with Crippen molar-refractivity contribution in [2.75, 3.05) is 26.2 Å². The number of nitrogens with one attached hydrogen (secondary N) is 3. The number of carbonyl (C=O) groups is 4. The van der Waals surface area contributed by atoms with Crippen LogP contribution in [0.5, 0.6) is 0 Å². The quantitative estimate of drug-likeness (QED) is 0.0762. The molecule has 5 fully saturated rings. The van der Waals surface area contributed by atoms with E-state index in [4.69, 9.17) is 33.2 Å². The van der Waals surface area contributed by atoms with Crippen molar-refractivity contribution in [1.82, 2.24) is 39.5 Å². The zero-order valence-electron chi connectivity index (χ0n) is 67.4. The van der Waals surface area contributed by atoms with Crippen LogP contribution in [0.4, 0.5) is 19.2 Å². The van der Waals surface area contributed by atoms with Gasteiger partial charge in [0.1, 0.15) is 30.2 Å². The minimum absolute atomic E-state index is 0.0107. The Balaban J connectivity index is 0.000000145. The third-order valence-electron chi connectivity index (χ3n) is 22.8. The number of halogens is 1. The number of fused-ring (bicyclic) bond motifs is 4. The van der Waals surface area contributed by atoms with Crippen LogP contribution in [0.25, 0.3) is 71.3 Å². The molecule has 5 saturated heterocycles. The van der Waals surface area contributed by atoms with Crippen molar-refractivity contribution in [3.05, 3.63) is 253 Å². The van der Waals surface area contributed by atoms with Crippen LogP contribution >= 0.6 is 15.9 Å². The molecule has 6 aliphatic rings. The number of carbonyl (C=O) groups excluding carboxylic acids is 4. The second kappa shape index (κ2) is 33.2. The van der Waals surface area contributed by atoms with Crippen LogP contribution in [0.3, 0.4) is 0 Å². The van der Waals surface area contributed by atoms with Crippen LogP contribution in [0.15, 0.2) is 213 Å². The smallest absolute Gasteiger partial charge is 0.445 e. The minimum atomic E-state index is -0.556. The maximum atomic E-state index is 13.3. The highest BCUT2D eigenvalue weighted by Gasteiger charge is 2.52. The molecule has 598 valence electrons. The van der Waals surface area contributed by atoms with E-state index in [2.05, 4.69) is 136 Å². The van der Waals surface area contributed by atoms with Crippen molar-refractivity contribution in [2.24, 2.45) is 4.99 Å². The molecule has 0 bridgehead atoms. The summed E-state index contributed by atoms with van der Waals surface area (Å²) in [6.45, 7) is 22.6. The lowest BCUT2D eigenvalue weighted by Gasteiger charge is -2.32. The van der Waals surface area contributed by atoms with Crippen molar-refractivity contribution in [3.63, 3.8) is 0 Å². The van der Waals surface area contributed by atoms with E-state index in [1.165, 1.54) is 11.0 Å². The van der Waals surface area contributed by atoms with Gasteiger partial charge in [-0.15, -0.1) is 0 Å². The average molecular weight is 1630 g/mol. The number of allylic oxidation sites excluding steroid dienone is 1. The van der Waals surface area contributed by atoms with Gasteiger partial charge in [-0.2, -0.15) is 0 Å². The van der Waals surface area contributed by atoms with Crippen molar-refractivity contribution in [3.8, 4) is 22.4 Å². The zero-order chi connectivity index (χ0) is 81.4. The molecule has 9 heterocycles. The molecule has 3 N–H and O–H groups in total. The lowest BCUT2D eigenvalue weighted by molar-refractivity contribution is 0.00578. The van der Waals surface area contributed by atoms with Crippen molar-refractivity contribution < 1.29 is 47.4 Å². The number of nitrogens with zero attached hydrogens (tertiary/aromatic N) is 6. The number of aromatic amines is 3. The Morgan fingerprint density at radius 3 is 1.48 bits per heavy atom. The molecular weight excluding hydrogens is 1530 g/mol. The Morgan fingerprint density at radius 2 is 0.931 bits per heavy atom. The maximum absolute atomic E-state index is 13.3. The third-order valence-corrected chi connectivity index (χ3v) is 23.3. The standard InChI is InChI=1S/C43H43N5O5.C29H37BN2O4.C21H19BrN2O3/c1-43(2,3)53-42(51)48-20-8-12-38(48)40-44-25-36(46-40)32-16-15-28-21-29(13-14-30(28)22-32)31-17-18-33-34(23-31)45-35(24-39(33)49)37-11-7-19-47(37)41(50)52-26-27-9-5-4-6-10-27;1-27(2,3)34-26(33)32-14-8-9-25(32)24-17-22(18-31-24)20-10-11-21-16-23(13-12-19(21)15-20)30-35-28(4,5)29(6,7)36-30;22-15-8-9-16-17(11-15)23-18(12-20(16)25)19-7-4-10-24(19)21(26)27-13-14-5-2-1-3-6-14/h4-6,9-10,13-18,21-25,37-38H,7-8,11-12,19-20,26H2,1-3H3,(H,44,46)(H,45,49);10-13,15-16,18,25H,8-9,14,17H2,1-7H3;1-3,5-6,8-9,11-12,19H,4,7,10,13H2,(H,23,25)/t37?,38-;25-;/m00./s1. The first-order valence-electron chi connectivity index (χ1n) is 40.2. The van der Waals surface area contributed by atoms with E-state index in [-0.39, 0.29) is 90.9 Å². The molecule has 6 aliphatic heterocycles. The first-order valence-corrected chi connectivity index (χ1v) is 41.0. The fourth-order valence-corrected chi connectivity index (χ4v) is 16.5. The number of amides is 4. The van der Waals surface area contributed by atoms with Gasteiger partial charge >= 0.3 is 31.5 Å². The molecule has 21 nitrogen and oxygen atoms in total. The summed E-state index contributed by atoms with van der Waals surface area (Å²) in [5.41, 5.74) is 11.2. The van der Waals surface area contributed by atoms with Crippen LogP contribution in [0.1, 0.15) is 179 Å². The predicted octanol–water partition coefficient (Wildman–Crippen LogP) is 19.8. The molecule has 4 amide bonds. The molecule has 17 rings (SSSR count). The van der Waals surface area contributed by atoms with Gasteiger partial charge in [0, 0.05) is 88.8 Å². The van der Waals surface area contributed by atoms with E-state index in [0.29, 0.717) is 36.1 Å². The summed E-state index contributed by atoms with van der Waals surface area (Å²) in [5, 5.41) is 5.71. The second-order valence-corrected chi connectivity index (χ2v) is 34.8. The van der Waals surface area contributed by atoms with Crippen LogP contribution < -0.4 is 16.3 Å². The third kappa shape index (κ3) is 17.9. The van der Waals surface area contributed by atoms with Gasteiger partial charge in [-0.3, -0.25) is 34.2 Å². The number of aliphatic imine (C=N–C) groups is 1. The Bertz CT molecular complexity index is 5710. The van der Waals surface area contributed by atoms with Gasteiger partial charge < -0.3 is 43.2 Å². The first kappa shape index (κ1) is 80.1. The Morgan fingerprint density at radius 1 is 0.491 bits per heavy atom. The molecule has 8 aromatic carbocycles. The van der Waals surface area contributed by atoms with Crippen LogP contribution in [-0.2, 0) is 41.5 Å². The zero-order valence-corrected chi connectivity index (χ0v) is 69.0. The van der Waals surface area contributed by atoms with Crippen molar-refractivity contribution in [1.29, 1.82) is 0 Å². The number of ether oxygens (including phenoxy) is 4. The summed E-state index contributed by atoms with van der Waals surface area (Å²) in [7, 11) is -0.369. The number of H-pyrrole nitrogens is 3. The number of hydrogen-bond acceptors (Lipinski definition) is 14. The summed E-state index contributed by atoms with van der Waals surface area (Å²) >= 11 is 3.44. The lowest BCUT2D eigenvalue weighted by Crippen LogP contribution is -2.43. The molecule has 0 saturated carbocycles. The van der Waals surface area contributed by atoms with Gasteiger partial charge in [0.25, 0.3) is 0 Å². The highest BCUT2D eigenvalue weighted by atomic mass is 79.9. The molecule has 0 spiro atoms. The number of imidazole rings is 1. The number of pyridine rings is 2. The molecule has 116 heavy (non-hydrogen) atoms. The van der Waals surface area contributed by atoms with Gasteiger partial charge in [0.05, 0.1) is 58.3 Å². The Hall–Kier alpha value is -11.1. The first-order chi connectivity index (χ1) is 55.5. The number of aromatic nitrogens is 4. The lowest BCUT2D eigenvalue weighted by atomic mass is 9.78. The van der Waals surface area contributed by atoms with Crippen molar-refractivity contribution in [2.45, 2.75) is 187 Å². The van der Waals surface area contributed by atoms with E-state index in [1.54, 1.807) is 32.9 Å². The predicted molar refractivity (Wildman–Crippen MR) is 459 cm³/mol. The van der Waals surface area contributed by atoms with Crippen molar-refractivity contribution >= 4 is 108 Å². The Labute approximate surface area is 684 Å². The van der Waals surface area contributed by atoms with Crippen LogP contribution in [0.2, 0.25) is 0 Å². The summed E-state index contributed by atoms with van der Waals surface area (Å²) < 4.78 is 35.8. The summed E-state index contributed by atoms with van der Waals surface area (Å²) in [4.78, 5) is 104. The van der Waals surface area contributed by atoms with Gasteiger partial charge in [0.15, 0.2) is 10.9 Å². The molecule has 3 aromatic heterocycles. The Kier molecular flexibility index (Phi) is 22.9. The molecule has 0 aliphatic carbocycles. The molecule has 4 atom stereocenters. The number of rotatable bonds is 12. The summed E-state index contributed by atoms with van der Waals surface area (Å²) in [6.07, 6.45) is 10.2. The molecule has 11 aromatic rings. The molecule has 0 radical (unpaired) electrons. The van der Waals surface area contributed by atoms with Gasteiger partial charge in [-0.05, 0) is 230 Å². The SMILES string of the molecule is CC(C)(C)OC(=O)N1CCC[C@H]1C1=NC=C(c2ccc3cc(B4OC(C)(C)C(C)(C)O4)ccc3c2)C1.CC(C)(C)OC(=O)N1CCC[C@H]1c1ncc(-c2ccc3cc(-c4ccc5c(=O)cc(C6CCCN6C(=O)OCc6ccccc6)[nH]c5c4)ccc3c2)[nH]1.O=C(OCc1ccccc1)N1CCCC1c1cc(=O)c2ccc(Br)cc2[nH]1. The minimum Gasteiger partial charge on any atom is -0.445 e. The highest BCUT2D eigenvalue weighted by molar-refractivity contribution is 9.10. The summed E-state index contributed by atoms with van der Waals surface area (Å²) in [6, 6.07) is 58.8. The molecular formula is C93H99BBrN9O12. The van der Waals surface area contributed by atoms with E-state index in [9.17, 15) is 28.8 Å². The fourth-order valence-electron chi connectivity index (χ4n) is 16.2. The number of likely N-dealkylation sites (tertiary alicyclic amines) is 4. The largest absolute Gasteiger partial charge is 0.494 e. The topological polar surface area (TPSA) is 243 Å². The normalized spacial score (nSPS) is 19.1. The van der Waals surface area contributed by atoms with Gasteiger partial charge in [-0.25, -0.2) is 24.2 Å². The number of benzene rings is 8. The van der Waals surface area contributed by atoms with Crippen LogP contribution in [-0.4, -0.2) is 131 Å². The summed E-state index contributed by atoms with van der Waals surface area (Å²) in [5.74, 6) is 0.764. The fraction of sp³-hybridized carbons (Fsp3) is 0.355. The van der Waals surface area contributed by atoms with E-state index < -0.39 is 11.2 Å². The maximum Gasteiger partial charge on any atom is 0.494 e. The van der Waals surface area contributed by atoms with Gasteiger partial charge in [0.2, 0.25) is 0 Å². The highest BCUT2D eigenvalue weighted by Crippen LogP contribution is 2.41. The van der Waals surface area contributed by atoms with E-state index >= 15 is 0 Å². The molecule has 23 heteroatoms. The molecule has 2 unspecified atom stereocenters. The average Bonchev–Trinajstić information content (AvgIpc) is 1.72. The second-order valence-electron chi connectivity index (χ2n) is 33.9. The monoisotopic (exact) mass is 1620 g/mol. The van der Waals surface area contributed by atoms with Gasteiger partial charge in [-0.1, -0.05) is 137 Å². The van der Waals surface area contributed by atoms with Crippen LogP contribution in [0, 0.1) is 0 Å². The number of hydrogen-bond donors (Lipinski definition) is 3. The van der Waals surface area contributed by atoms with E-state index in [0.717, 1.165) is 158 Å². The van der Waals surface area contributed by atoms with E-state index in [1.807, 2.05) is 150 Å².